The molecule has 0 radical (unpaired) electrons. The molecule has 0 bridgehead atoms. The Morgan fingerprint density at radius 2 is 2.22 bits per heavy atom. The maximum Gasteiger partial charge on any atom is 0.144 e. The van der Waals surface area contributed by atoms with Crippen LogP contribution in [0.3, 0.4) is 0 Å². The fraction of sp³-hybridized carbons (Fsp3) is 0.538. The van der Waals surface area contributed by atoms with Crippen LogP contribution < -0.4 is 0 Å². The topological polar surface area (TPSA) is 48.3 Å². The molecule has 0 saturated heterocycles. The van der Waals surface area contributed by atoms with Crippen molar-refractivity contribution in [2.75, 3.05) is 0 Å². The zero-order valence-electron chi connectivity index (χ0n) is 11.0. The molecule has 18 heavy (non-hydrogen) atoms. The van der Waals surface area contributed by atoms with Gasteiger partial charge in [0.1, 0.15) is 20.7 Å². The van der Waals surface area contributed by atoms with Gasteiger partial charge in [-0.05, 0) is 73.7 Å². The van der Waals surface area contributed by atoms with Crippen LogP contribution in [0.15, 0.2) is 27.3 Å². The molecule has 0 amide bonds. The second-order valence-electron chi connectivity index (χ2n) is 5.03. The molecule has 0 aliphatic rings. The molecule has 1 aromatic heterocycles. The first-order valence-electron chi connectivity index (χ1n) is 5.94. The Morgan fingerprint density at radius 3 is 2.83 bits per heavy atom. The van der Waals surface area contributed by atoms with Gasteiger partial charge in [-0.1, -0.05) is 4.40 Å². The van der Waals surface area contributed by atoms with Crippen molar-refractivity contribution >= 4 is 33.5 Å². The lowest BCUT2D eigenvalue weighted by atomic mass is 10.1. The summed E-state index contributed by atoms with van der Waals surface area (Å²) in [5, 5.41) is 0. The van der Waals surface area contributed by atoms with Crippen LogP contribution in [0.2, 0.25) is 0 Å². The SMILES string of the molecule is CC(C)(C)[S+]([O-])/N=C/CCCc1ccnc(Br)c1. The Hall–Kier alpha value is -0.390. The molecule has 1 heterocycles. The zero-order valence-corrected chi connectivity index (χ0v) is 13.4. The highest BCUT2D eigenvalue weighted by Crippen LogP contribution is 2.16. The zero-order chi connectivity index (χ0) is 13.6. The minimum Gasteiger partial charge on any atom is -0.591 e. The second-order valence-corrected chi connectivity index (χ2v) is 7.77. The summed E-state index contributed by atoms with van der Waals surface area (Å²) in [4.78, 5) is 4.08. The number of hydrogen-bond donors (Lipinski definition) is 0. The standard InChI is InChI=1S/C13H19BrN2OS/c1-13(2,3)18(17)16-8-5-4-6-11-7-9-15-12(14)10-11/h7-10H,4-6H2,1-3H3/b16-8+. The number of rotatable bonds is 5. The van der Waals surface area contributed by atoms with Gasteiger partial charge in [0, 0.05) is 6.20 Å². The lowest BCUT2D eigenvalue weighted by molar-refractivity contribution is 0.561. The fourth-order valence-electron chi connectivity index (χ4n) is 1.27. The predicted octanol–water partition coefficient (Wildman–Crippen LogP) is 3.70. The predicted molar refractivity (Wildman–Crippen MR) is 81.3 cm³/mol. The first-order chi connectivity index (χ1) is 8.39. The number of pyridine rings is 1. The first-order valence-corrected chi connectivity index (χ1v) is 7.84. The normalized spacial score (nSPS) is 14.1. The van der Waals surface area contributed by atoms with Gasteiger partial charge in [0.25, 0.3) is 0 Å². The van der Waals surface area contributed by atoms with Crippen molar-refractivity contribution in [3.05, 3.63) is 28.5 Å². The number of nitrogens with zero attached hydrogens (tertiary/aromatic N) is 2. The molecular weight excluding hydrogens is 312 g/mol. The Bertz CT molecular complexity index is 404. The average molecular weight is 331 g/mol. The number of unbranched alkanes of at least 4 members (excludes halogenated alkanes) is 1. The van der Waals surface area contributed by atoms with E-state index in [2.05, 4.69) is 25.3 Å². The van der Waals surface area contributed by atoms with E-state index in [1.807, 2.05) is 32.9 Å². The third-order valence-corrected chi connectivity index (χ3v) is 4.11. The summed E-state index contributed by atoms with van der Waals surface area (Å²) in [5.74, 6) is 0. The van der Waals surface area contributed by atoms with E-state index < -0.39 is 11.4 Å². The number of aryl methyl sites for hydroxylation is 1. The van der Waals surface area contributed by atoms with Gasteiger partial charge in [0.05, 0.1) is 6.21 Å². The fourth-order valence-corrected chi connectivity index (χ4v) is 2.24. The molecule has 3 nitrogen and oxygen atoms in total. The van der Waals surface area contributed by atoms with E-state index in [1.165, 1.54) is 5.56 Å². The van der Waals surface area contributed by atoms with Crippen molar-refractivity contribution in [3.63, 3.8) is 0 Å². The summed E-state index contributed by atoms with van der Waals surface area (Å²) in [5.41, 5.74) is 1.25. The molecule has 0 fully saturated rings. The van der Waals surface area contributed by atoms with Crippen LogP contribution in [-0.4, -0.2) is 20.5 Å². The molecule has 1 atom stereocenters. The van der Waals surface area contributed by atoms with E-state index in [1.54, 1.807) is 12.4 Å². The molecule has 0 saturated carbocycles. The number of halogens is 1. The third kappa shape index (κ3) is 5.98. The second kappa shape index (κ2) is 7.26. The van der Waals surface area contributed by atoms with Crippen molar-refractivity contribution < 1.29 is 4.55 Å². The number of aromatic nitrogens is 1. The van der Waals surface area contributed by atoms with E-state index in [0.29, 0.717) is 0 Å². The van der Waals surface area contributed by atoms with Crippen molar-refractivity contribution in [3.8, 4) is 0 Å². The Kier molecular flexibility index (Phi) is 6.32. The highest BCUT2D eigenvalue weighted by Gasteiger charge is 2.25. The van der Waals surface area contributed by atoms with Crippen LogP contribution in [0, 0.1) is 0 Å². The molecule has 0 aliphatic heterocycles. The van der Waals surface area contributed by atoms with Gasteiger partial charge in [-0.3, -0.25) is 0 Å². The van der Waals surface area contributed by atoms with Gasteiger partial charge < -0.3 is 4.55 Å². The van der Waals surface area contributed by atoms with Gasteiger partial charge in [0.15, 0.2) is 0 Å². The minimum atomic E-state index is -1.14. The monoisotopic (exact) mass is 330 g/mol. The Labute approximate surface area is 121 Å². The Balaban J connectivity index is 2.29. The summed E-state index contributed by atoms with van der Waals surface area (Å²) in [6.07, 6.45) is 6.40. The molecular formula is C13H19BrN2OS. The van der Waals surface area contributed by atoms with Crippen molar-refractivity contribution in [1.82, 2.24) is 4.98 Å². The molecule has 1 aromatic rings. The Morgan fingerprint density at radius 1 is 1.50 bits per heavy atom. The summed E-state index contributed by atoms with van der Waals surface area (Å²) < 4.78 is 16.3. The van der Waals surface area contributed by atoms with E-state index >= 15 is 0 Å². The summed E-state index contributed by atoms with van der Waals surface area (Å²) in [6.45, 7) is 5.78. The van der Waals surface area contributed by atoms with E-state index in [0.717, 1.165) is 23.9 Å². The van der Waals surface area contributed by atoms with Crippen molar-refractivity contribution in [2.45, 2.75) is 44.8 Å². The first kappa shape index (κ1) is 15.7. The summed E-state index contributed by atoms with van der Waals surface area (Å²) in [6, 6.07) is 4.03. The smallest absolute Gasteiger partial charge is 0.144 e. The lowest BCUT2D eigenvalue weighted by Gasteiger charge is -2.17. The minimum absolute atomic E-state index is 0.271. The van der Waals surface area contributed by atoms with E-state index in [4.69, 9.17) is 0 Å². The summed E-state index contributed by atoms with van der Waals surface area (Å²) in [7, 11) is 0. The van der Waals surface area contributed by atoms with Crippen LogP contribution >= 0.6 is 15.9 Å². The maximum absolute atomic E-state index is 11.6. The van der Waals surface area contributed by atoms with Gasteiger partial charge >= 0.3 is 0 Å². The largest absolute Gasteiger partial charge is 0.591 e. The van der Waals surface area contributed by atoms with Crippen LogP contribution in [0.5, 0.6) is 0 Å². The molecule has 5 heteroatoms. The van der Waals surface area contributed by atoms with E-state index in [9.17, 15) is 4.55 Å². The van der Waals surface area contributed by atoms with Crippen LogP contribution in [0.1, 0.15) is 39.2 Å². The quantitative estimate of drug-likeness (QED) is 0.357. The van der Waals surface area contributed by atoms with Crippen molar-refractivity contribution in [2.24, 2.45) is 4.40 Å². The van der Waals surface area contributed by atoms with E-state index in [-0.39, 0.29) is 4.75 Å². The van der Waals surface area contributed by atoms with Gasteiger partial charge in [-0.15, -0.1) is 0 Å². The maximum atomic E-state index is 11.6. The van der Waals surface area contributed by atoms with Crippen LogP contribution in [-0.2, 0) is 17.8 Å². The van der Waals surface area contributed by atoms with Crippen LogP contribution in [0.25, 0.3) is 0 Å². The third-order valence-electron chi connectivity index (χ3n) is 2.28. The lowest BCUT2D eigenvalue weighted by Crippen LogP contribution is -2.25. The molecule has 0 spiro atoms. The molecule has 1 rings (SSSR count). The highest BCUT2D eigenvalue weighted by atomic mass is 79.9. The average Bonchev–Trinajstić information content (AvgIpc) is 2.27. The molecule has 0 aromatic carbocycles. The molecule has 1 unspecified atom stereocenters. The van der Waals surface area contributed by atoms with Gasteiger partial charge in [-0.2, -0.15) is 0 Å². The van der Waals surface area contributed by atoms with Crippen molar-refractivity contribution in [1.29, 1.82) is 0 Å². The van der Waals surface area contributed by atoms with Gasteiger partial charge in [-0.25, -0.2) is 4.98 Å². The highest BCUT2D eigenvalue weighted by molar-refractivity contribution is 9.10. The van der Waals surface area contributed by atoms with Crippen LogP contribution in [0.4, 0.5) is 0 Å². The van der Waals surface area contributed by atoms with Gasteiger partial charge in [0.2, 0.25) is 0 Å². The summed E-state index contributed by atoms with van der Waals surface area (Å²) >= 11 is 2.21. The molecule has 100 valence electrons. The number of hydrogen-bond acceptors (Lipinski definition) is 3. The molecule has 0 N–H and O–H groups in total. The molecule has 0 aliphatic carbocycles.